The highest BCUT2D eigenvalue weighted by molar-refractivity contribution is 7.94. The third-order valence-electron chi connectivity index (χ3n) is 4.72. The van der Waals surface area contributed by atoms with Crippen molar-refractivity contribution in [2.24, 2.45) is 0 Å². The Labute approximate surface area is 179 Å². The fraction of sp³-hybridized carbons (Fsp3) is 0.368. The number of alkyl halides is 2. The number of halogens is 3. The molecule has 0 radical (unpaired) electrons. The van der Waals surface area contributed by atoms with Gasteiger partial charge in [0.2, 0.25) is 0 Å². The predicted molar refractivity (Wildman–Crippen MR) is 111 cm³/mol. The van der Waals surface area contributed by atoms with Crippen LogP contribution in [0.3, 0.4) is 0 Å². The minimum atomic E-state index is -4.28. The Balaban J connectivity index is 2.01. The molecule has 1 N–H and O–H groups in total. The minimum absolute atomic E-state index is 0.0672. The highest BCUT2D eigenvalue weighted by atomic mass is 35.5. The summed E-state index contributed by atoms with van der Waals surface area (Å²) in [5.41, 5.74) is 1.41. The summed E-state index contributed by atoms with van der Waals surface area (Å²) in [6, 6.07) is 8.42. The van der Waals surface area contributed by atoms with E-state index in [0.29, 0.717) is 3.82 Å². The molecule has 1 aliphatic heterocycles. The SMILES string of the molecule is COc1ccc(OC(F)F)c(N(Cl)S(=O)(=O)c2ccc(C)c(N3CCNCC3)c2)c1. The van der Waals surface area contributed by atoms with Crippen molar-refractivity contribution >= 4 is 33.2 Å². The number of benzene rings is 2. The van der Waals surface area contributed by atoms with Gasteiger partial charge in [-0.2, -0.15) is 21.0 Å². The summed E-state index contributed by atoms with van der Waals surface area (Å²) in [6.45, 7) is 1.78. The van der Waals surface area contributed by atoms with Crippen LogP contribution in [0.5, 0.6) is 11.5 Å². The van der Waals surface area contributed by atoms with Gasteiger partial charge in [-0.3, -0.25) is 0 Å². The molecule has 1 saturated heterocycles. The van der Waals surface area contributed by atoms with E-state index in [4.69, 9.17) is 16.5 Å². The zero-order chi connectivity index (χ0) is 21.9. The number of hydrogen-bond acceptors (Lipinski definition) is 6. The molecule has 11 heteroatoms. The lowest BCUT2D eigenvalue weighted by molar-refractivity contribution is -0.0494. The largest absolute Gasteiger partial charge is 0.497 e. The Kier molecular flexibility index (Phi) is 6.89. The monoisotopic (exact) mass is 461 g/mol. The Bertz CT molecular complexity index is 1000. The smallest absolute Gasteiger partial charge is 0.387 e. The summed E-state index contributed by atoms with van der Waals surface area (Å²) in [5.74, 6) is -0.156. The van der Waals surface area contributed by atoms with Gasteiger partial charge in [-0.15, -0.1) is 0 Å². The molecule has 2 aromatic rings. The lowest BCUT2D eigenvalue weighted by atomic mass is 10.1. The quantitative estimate of drug-likeness (QED) is 0.637. The molecule has 0 spiro atoms. The van der Waals surface area contributed by atoms with Gasteiger partial charge in [0.1, 0.15) is 11.4 Å². The van der Waals surface area contributed by atoms with E-state index in [1.165, 1.54) is 31.4 Å². The van der Waals surface area contributed by atoms with Gasteiger partial charge in [-0.1, -0.05) is 6.07 Å². The van der Waals surface area contributed by atoms with Gasteiger partial charge in [-0.25, -0.2) is 0 Å². The number of hydrogen-bond donors (Lipinski definition) is 1. The van der Waals surface area contributed by atoms with Gasteiger partial charge < -0.3 is 19.7 Å². The fourth-order valence-corrected chi connectivity index (χ4v) is 4.63. The van der Waals surface area contributed by atoms with Crippen molar-refractivity contribution in [1.82, 2.24) is 5.32 Å². The normalized spacial score (nSPS) is 14.7. The maximum absolute atomic E-state index is 13.2. The highest BCUT2D eigenvalue weighted by Crippen LogP contribution is 2.38. The Morgan fingerprint density at radius 2 is 1.87 bits per heavy atom. The van der Waals surface area contributed by atoms with E-state index in [1.54, 1.807) is 12.1 Å². The summed E-state index contributed by atoms with van der Waals surface area (Å²) in [6.07, 6.45) is 0. The zero-order valence-corrected chi connectivity index (χ0v) is 18.0. The van der Waals surface area contributed by atoms with Gasteiger partial charge in [0.25, 0.3) is 10.0 Å². The molecule has 0 amide bonds. The third kappa shape index (κ3) is 4.71. The number of nitrogens with one attached hydrogen (secondary N) is 1. The summed E-state index contributed by atoms with van der Waals surface area (Å²) in [5, 5.41) is 3.24. The van der Waals surface area contributed by atoms with Crippen LogP contribution in [-0.4, -0.2) is 48.3 Å². The number of rotatable bonds is 7. The standard InChI is InChI=1S/C19H22ClF2N3O4S/c1-13-3-5-15(12-16(13)24-9-7-23-8-10-24)30(26,27)25(20)17-11-14(28-2)4-6-18(17)29-19(21)22/h3-6,11-12,19,23H,7-10H2,1-2H3. The summed E-state index contributed by atoms with van der Waals surface area (Å²) in [7, 11) is -2.92. The maximum atomic E-state index is 13.2. The number of ether oxygens (including phenoxy) is 2. The zero-order valence-electron chi connectivity index (χ0n) is 16.4. The fourth-order valence-electron chi connectivity index (χ4n) is 3.18. The van der Waals surface area contributed by atoms with Crippen molar-refractivity contribution in [2.75, 3.05) is 42.0 Å². The van der Waals surface area contributed by atoms with Gasteiger partial charge in [0.15, 0.2) is 5.75 Å². The second-order valence-electron chi connectivity index (χ2n) is 6.62. The first-order valence-corrected chi connectivity index (χ1v) is 10.9. The minimum Gasteiger partial charge on any atom is -0.497 e. The van der Waals surface area contributed by atoms with Crippen LogP contribution in [0.1, 0.15) is 5.56 Å². The molecule has 164 valence electrons. The molecule has 1 fully saturated rings. The lowest BCUT2D eigenvalue weighted by Gasteiger charge is -2.31. The van der Waals surface area contributed by atoms with Crippen LogP contribution in [0.25, 0.3) is 0 Å². The molecule has 1 heterocycles. The molecule has 0 atom stereocenters. The number of sulfonamides is 1. The molecule has 2 aromatic carbocycles. The molecule has 3 rings (SSSR count). The van der Waals surface area contributed by atoms with E-state index < -0.39 is 16.6 Å². The second-order valence-corrected chi connectivity index (χ2v) is 8.94. The first-order chi connectivity index (χ1) is 14.2. The van der Waals surface area contributed by atoms with E-state index >= 15 is 0 Å². The van der Waals surface area contributed by atoms with Crippen molar-refractivity contribution in [3.05, 3.63) is 42.0 Å². The van der Waals surface area contributed by atoms with Gasteiger partial charge >= 0.3 is 6.61 Å². The number of anilines is 2. The second kappa shape index (κ2) is 9.23. The van der Waals surface area contributed by atoms with Crippen LogP contribution in [0.15, 0.2) is 41.3 Å². The Morgan fingerprint density at radius 3 is 2.50 bits per heavy atom. The molecule has 7 nitrogen and oxygen atoms in total. The van der Waals surface area contributed by atoms with Crippen LogP contribution in [0.4, 0.5) is 20.2 Å². The molecular formula is C19H22ClF2N3O4S. The van der Waals surface area contributed by atoms with Crippen molar-refractivity contribution in [3.8, 4) is 11.5 Å². The number of nitrogens with zero attached hydrogens (tertiary/aromatic N) is 2. The maximum Gasteiger partial charge on any atom is 0.387 e. The van der Waals surface area contributed by atoms with E-state index in [0.717, 1.165) is 37.4 Å². The molecule has 1 aliphatic rings. The first-order valence-electron chi connectivity index (χ1n) is 9.14. The molecule has 0 aliphatic carbocycles. The molecule has 0 aromatic heterocycles. The van der Waals surface area contributed by atoms with E-state index in [1.807, 2.05) is 6.92 Å². The summed E-state index contributed by atoms with van der Waals surface area (Å²) in [4.78, 5) is 2.02. The van der Waals surface area contributed by atoms with E-state index in [-0.39, 0.29) is 22.1 Å². The van der Waals surface area contributed by atoms with Crippen molar-refractivity contribution in [2.45, 2.75) is 18.4 Å². The molecule has 30 heavy (non-hydrogen) atoms. The average Bonchev–Trinajstić information content (AvgIpc) is 2.74. The average molecular weight is 462 g/mol. The van der Waals surface area contributed by atoms with E-state index in [2.05, 4.69) is 15.0 Å². The van der Waals surface area contributed by atoms with Crippen LogP contribution < -0.4 is 23.5 Å². The first kappa shape index (κ1) is 22.4. The molecule has 0 bridgehead atoms. The highest BCUT2D eigenvalue weighted by Gasteiger charge is 2.29. The summed E-state index contributed by atoms with van der Waals surface area (Å²) >= 11 is 6.17. The predicted octanol–water partition coefficient (Wildman–Crippen LogP) is 3.36. The number of methoxy groups -OCH3 is 1. The number of piperazine rings is 1. The topological polar surface area (TPSA) is 71.1 Å². The van der Waals surface area contributed by atoms with Gasteiger partial charge in [-0.05, 0) is 36.8 Å². The van der Waals surface area contributed by atoms with Crippen molar-refractivity contribution in [1.29, 1.82) is 0 Å². The van der Waals surface area contributed by atoms with Crippen LogP contribution in [0.2, 0.25) is 0 Å². The van der Waals surface area contributed by atoms with Crippen molar-refractivity contribution in [3.63, 3.8) is 0 Å². The Hall–Kier alpha value is -2.30. The van der Waals surface area contributed by atoms with Gasteiger partial charge in [0.05, 0.1) is 12.0 Å². The van der Waals surface area contributed by atoms with Gasteiger partial charge in [0, 0.05) is 49.7 Å². The van der Waals surface area contributed by atoms with Crippen LogP contribution in [0, 0.1) is 6.92 Å². The number of aryl methyl sites for hydroxylation is 1. The van der Waals surface area contributed by atoms with Crippen molar-refractivity contribution < 1.29 is 26.7 Å². The van der Waals surface area contributed by atoms with Crippen LogP contribution in [-0.2, 0) is 10.0 Å². The summed E-state index contributed by atoms with van der Waals surface area (Å²) < 4.78 is 61.9. The molecular weight excluding hydrogens is 440 g/mol. The van der Waals surface area contributed by atoms with Crippen LogP contribution >= 0.6 is 11.8 Å². The molecule has 0 saturated carbocycles. The van der Waals surface area contributed by atoms with E-state index in [9.17, 15) is 17.2 Å². The lowest BCUT2D eigenvalue weighted by Crippen LogP contribution is -2.43. The third-order valence-corrected chi connectivity index (χ3v) is 6.91. The Morgan fingerprint density at radius 1 is 1.17 bits per heavy atom. The molecule has 0 unspecified atom stereocenters.